The van der Waals surface area contributed by atoms with E-state index in [1.807, 2.05) is 44.7 Å². The molecule has 1 amide bonds. The van der Waals surface area contributed by atoms with E-state index in [-0.39, 0.29) is 25.0 Å². The summed E-state index contributed by atoms with van der Waals surface area (Å²) in [6.45, 7) is 8.46. The Kier molecular flexibility index (Phi) is 7.50. The third-order valence-corrected chi connectivity index (χ3v) is 6.34. The van der Waals surface area contributed by atoms with E-state index in [0.29, 0.717) is 19.1 Å². The van der Waals surface area contributed by atoms with Gasteiger partial charge in [0.1, 0.15) is 5.60 Å². The van der Waals surface area contributed by atoms with Gasteiger partial charge in [-0.3, -0.25) is 0 Å². The maximum Gasteiger partial charge on any atom is 0.407 e. The third kappa shape index (κ3) is 6.94. The summed E-state index contributed by atoms with van der Waals surface area (Å²) in [6, 6.07) is 6.56. The van der Waals surface area contributed by atoms with E-state index in [0.717, 1.165) is 42.6 Å². The Morgan fingerprint density at radius 2 is 1.59 bits per heavy atom. The van der Waals surface area contributed by atoms with Crippen LogP contribution in [-0.2, 0) is 4.74 Å². The van der Waals surface area contributed by atoms with Gasteiger partial charge < -0.3 is 20.3 Å². The van der Waals surface area contributed by atoms with Gasteiger partial charge in [-0.2, -0.15) is 13.2 Å². The maximum absolute atomic E-state index is 12.9. The number of piperidine rings is 1. The molecule has 2 fully saturated rings. The van der Waals surface area contributed by atoms with Crippen molar-refractivity contribution in [2.24, 2.45) is 5.92 Å². The largest absolute Gasteiger partial charge is 0.444 e. The molecule has 1 aliphatic heterocycles. The lowest BCUT2D eigenvalue weighted by molar-refractivity contribution is -0.179. The highest BCUT2D eigenvalue weighted by atomic mass is 19.4. The third-order valence-electron chi connectivity index (χ3n) is 6.34. The lowest BCUT2D eigenvalue weighted by Crippen LogP contribution is -2.42. The van der Waals surface area contributed by atoms with Crippen molar-refractivity contribution in [3.05, 3.63) is 23.8 Å². The van der Waals surface area contributed by atoms with Crippen molar-refractivity contribution in [1.29, 1.82) is 0 Å². The van der Waals surface area contributed by atoms with Crippen LogP contribution in [0.15, 0.2) is 18.2 Å². The second-order valence-electron chi connectivity index (χ2n) is 10.1. The molecule has 0 atom stereocenters. The van der Waals surface area contributed by atoms with Gasteiger partial charge in [-0.1, -0.05) is 0 Å². The highest BCUT2D eigenvalue weighted by molar-refractivity contribution is 5.68. The number of halogens is 3. The molecule has 0 radical (unpaired) electrons. The van der Waals surface area contributed by atoms with Crippen LogP contribution in [0.1, 0.15) is 64.9 Å². The number of aryl methyl sites for hydroxylation is 1. The zero-order chi connectivity index (χ0) is 23.5. The highest BCUT2D eigenvalue weighted by Gasteiger charge is 2.41. The Morgan fingerprint density at radius 1 is 1.00 bits per heavy atom. The predicted molar refractivity (Wildman–Crippen MR) is 121 cm³/mol. The molecule has 1 saturated heterocycles. The summed E-state index contributed by atoms with van der Waals surface area (Å²) in [5.41, 5.74) is 2.64. The molecule has 0 aromatic heterocycles. The minimum atomic E-state index is -4.09. The van der Waals surface area contributed by atoms with Gasteiger partial charge in [0, 0.05) is 36.5 Å². The second kappa shape index (κ2) is 9.79. The van der Waals surface area contributed by atoms with Crippen molar-refractivity contribution >= 4 is 17.5 Å². The summed E-state index contributed by atoms with van der Waals surface area (Å²) >= 11 is 0. The number of alkyl carbamates (subject to hydrolysis) is 1. The van der Waals surface area contributed by atoms with Gasteiger partial charge in [-0.15, -0.1) is 0 Å². The number of ether oxygens (including phenoxy) is 1. The van der Waals surface area contributed by atoms with E-state index >= 15 is 0 Å². The molecule has 2 N–H and O–H groups in total. The van der Waals surface area contributed by atoms with Gasteiger partial charge in [0.2, 0.25) is 0 Å². The van der Waals surface area contributed by atoms with E-state index < -0.39 is 17.7 Å². The molecule has 1 aromatic carbocycles. The zero-order valence-corrected chi connectivity index (χ0v) is 19.5. The number of carbonyl (C=O) groups is 1. The minimum Gasteiger partial charge on any atom is -0.444 e. The fourth-order valence-corrected chi connectivity index (χ4v) is 4.55. The molecule has 1 aliphatic carbocycles. The summed E-state index contributed by atoms with van der Waals surface area (Å²) in [5, 5.41) is 6.57. The molecule has 0 spiro atoms. The first-order valence-electron chi connectivity index (χ1n) is 11.6. The standard InChI is InChI=1S/C24H36F3N3O2/c1-16-15-20(30-13-11-17(12-14-30)24(25,26)27)9-10-21(16)28-18-5-7-19(8-6-18)29-22(31)32-23(2,3)4/h9-10,15,17-19,28H,5-8,11-14H2,1-4H3,(H,29,31). The molecule has 0 bridgehead atoms. The fourth-order valence-electron chi connectivity index (χ4n) is 4.55. The molecule has 32 heavy (non-hydrogen) atoms. The Bertz CT molecular complexity index is 776. The topological polar surface area (TPSA) is 53.6 Å². The predicted octanol–water partition coefficient (Wildman–Crippen LogP) is 6.02. The van der Waals surface area contributed by atoms with Gasteiger partial charge >= 0.3 is 12.3 Å². The van der Waals surface area contributed by atoms with E-state index in [4.69, 9.17) is 4.74 Å². The smallest absolute Gasteiger partial charge is 0.407 e. The van der Waals surface area contributed by atoms with Crippen LogP contribution in [0.25, 0.3) is 0 Å². The van der Waals surface area contributed by atoms with E-state index in [9.17, 15) is 18.0 Å². The number of hydrogen-bond donors (Lipinski definition) is 2. The van der Waals surface area contributed by atoms with Crippen LogP contribution in [0.2, 0.25) is 0 Å². The van der Waals surface area contributed by atoms with Crippen LogP contribution in [0.3, 0.4) is 0 Å². The Balaban J connectivity index is 1.47. The summed E-state index contributed by atoms with van der Waals surface area (Å²) in [4.78, 5) is 14.0. The molecule has 3 rings (SSSR count). The van der Waals surface area contributed by atoms with Crippen molar-refractivity contribution in [3.8, 4) is 0 Å². The first-order valence-corrected chi connectivity index (χ1v) is 11.6. The molecule has 2 aliphatic rings. The average Bonchev–Trinajstić information content (AvgIpc) is 2.69. The van der Waals surface area contributed by atoms with Crippen LogP contribution in [0.5, 0.6) is 0 Å². The molecule has 1 heterocycles. The highest BCUT2D eigenvalue weighted by Crippen LogP contribution is 2.36. The first kappa shape index (κ1) is 24.5. The number of hydrogen-bond acceptors (Lipinski definition) is 4. The SMILES string of the molecule is Cc1cc(N2CCC(C(F)(F)F)CC2)ccc1NC1CCC(NC(=O)OC(C)(C)C)CC1. The van der Waals surface area contributed by atoms with Gasteiger partial charge in [-0.25, -0.2) is 4.79 Å². The molecule has 0 unspecified atom stereocenters. The maximum atomic E-state index is 12.9. The molecule has 8 heteroatoms. The summed E-state index contributed by atoms with van der Waals surface area (Å²) in [5.74, 6) is -1.18. The second-order valence-corrected chi connectivity index (χ2v) is 10.1. The quantitative estimate of drug-likeness (QED) is 0.583. The summed E-state index contributed by atoms with van der Waals surface area (Å²) in [6.07, 6.45) is -0.452. The van der Waals surface area contributed by atoms with Gasteiger partial charge in [0.15, 0.2) is 0 Å². The Morgan fingerprint density at radius 3 is 2.12 bits per heavy atom. The lowest BCUT2D eigenvalue weighted by Gasteiger charge is -2.35. The van der Waals surface area contributed by atoms with Gasteiger partial charge in [0.05, 0.1) is 5.92 Å². The van der Waals surface area contributed by atoms with Gasteiger partial charge in [-0.05, 0) is 90.0 Å². The zero-order valence-electron chi connectivity index (χ0n) is 19.5. The molecule has 1 saturated carbocycles. The number of nitrogens with one attached hydrogen (secondary N) is 2. The molecule has 5 nitrogen and oxygen atoms in total. The van der Waals surface area contributed by atoms with Crippen LogP contribution >= 0.6 is 0 Å². The van der Waals surface area contributed by atoms with Gasteiger partial charge in [0.25, 0.3) is 0 Å². The Hall–Kier alpha value is -2.12. The number of rotatable bonds is 4. The lowest BCUT2D eigenvalue weighted by atomic mass is 9.91. The van der Waals surface area contributed by atoms with Crippen LogP contribution in [0.4, 0.5) is 29.3 Å². The molecule has 1 aromatic rings. The van der Waals surface area contributed by atoms with Crippen molar-refractivity contribution < 1.29 is 22.7 Å². The van der Waals surface area contributed by atoms with E-state index in [1.54, 1.807) is 0 Å². The van der Waals surface area contributed by atoms with E-state index in [1.165, 1.54) is 0 Å². The van der Waals surface area contributed by atoms with Crippen molar-refractivity contribution in [1.82, 2.24) is 5.32 Å². The normalized spacial score (nSPS) is 23.0. The average molecular weight is 456 g/mol. The van der Waals surface area contributed by atoms with E-state index in [2.05, 4.69) is 16.7 Å². The van der Waals surface area contributed by atoms with Crippen molar-refractivity contribution in [2.75, 3.05) is 23.3 Å². The van der Waals surface area contributed by atoms with Crippen LogP contribution < -0.4 is 15.5 Å². The van der Waals surface area contributed by atoms with Crippen molar-refractivity contribution in [2.45, 2.75) is 90.1 Å². The number of carbonyl (C=O) groups excluding carboxylic acids is 1. The summed E-state index contributed by atoms with van der Waals surface area (Å²) < 4.78 is 44.1. The number of nitrogens with zero attached hydrogens (tertiary/aromatic N) is 1. The van der Waals surface area contributed by atoms with Crippen LogP contribution in [-0.4, -0.2) is 43.0 Å². The number of amides is 1. The molecular weight excluding hydrogens is 419 g/mol. The Labute approximate surface area is 189 Å². The van der Waals surface area contributed by atoms with Crippen LogP contribution in [0, 0.1) is 12.8 Å². The van der Waals surface area contributed by atoms with Crippen molar-refractivity contribution in [3.63, 3.8) is 0 Å². The number of benzene rings is 1. The minimum absolute atomic E-state index is 0.131. The monoisotopic (exact) mass is 455 g/mol. The molecule has 180 valence electrons. The summed E-state index contributed by atoms with van der Waals surface area (Å²) in [7, 11) is 0. The number of alkyl halides is 3. The number of anilines is 2. The molecular formula is C24H36F3N3O2. The first-order chi connectivity index (χ1) is 14.9. The fraction of sp³-hybridized carbons (Fsp3) is 0.708.